The van der Waals surface area contributed by atoms with Gasteiger partial charge in [0.25, 0.3) is 0 Å². The number of benzene rings is 2. The highest BCUT2D eigenvalue weighted by Gasteiger charge is 2.12. The van der Waals surface area contributed by atoms with Crippen LogP contribution < -0.4 is 10.5 Å². The van der Waals surface area contributed by atoms with Gasteiger partial charge in [-0.2, -0.15) is 0 Å². The molecule has 0 bridgehead atoms. The van der Waals surface area contributed by atoms with Crippen molar-refractivity contribution < 1.29 is 0 Å². The molecule has 0 radical (unpaired) electrons. The third kappa shape index (κ3) is 3.77. The maximum Gasteiger partial charge on any atom is 0.193 e. The number of pyridine rings is 1. The summed E-state index contributed by atoms with van der Waals surface area (Å²) >= 11 is 1.50. The van der Waals surface area contributed by atoms with Gasteiger partial charge in [0.05, 0.1) is 16.3 Å². The van der Waals surface area contributed by atoms with Crippen LogP contribution in [0.15, 0.2) is 95.0 Å². The van der Waals surface area contributed by atoms with Crippen LogP contribution in [0.4, 0.5) is 11.5 Å². The number of amidine groups is 1. The van der Waals surface area contributed by atoms with Crippen molar-refractivity contribution in [2.45, 2.75) is 0 Å². The average molecular weight is 385 g/mol. The van der Waals surface area contributed by atoms with E-state index >= 15 is 0 Å². The topological polar surface area (TPSA) is 68.6 Å². The highest BCUT2D eigenvalue weighted by Crippen LogP contribution is 2.26. The molecular weight excluding hydrogens is 366 g/mol. The van der Waals surface area contributed by atoms with Crippen LogP contribution in [0.5, 0.6) is 0 Å². The van der Waals surface area contributed by atoms with Crippen LogP contribution in [0.3, 0.4) is 0 Å². The van der Waals surface area contributed by atoms with Gasteiger partial charge in [0.15, 0.2) is 10.6 Å². The quantitative estimate of drug-likeness (QED) is 0.419. The first-order chi connectivity index (χ1) is 13.7. The summed E-state index contributed by atoms with van der Waals surface area (Å²) < 4.78 is 1.87. The van der Waals surface area contributed by atoms with Crippen molar-refractivity contribution in [1.29, 1.82) is 0 Å². The minimum absolute atomic E-state index is 0.634. The first-order valence-electron chi connectivity index (χ1n) is 8.83. The van der Waals surface area contributed by atoms with E-state index in [-0.39, 0.29) is 0 Å². The molecule has 28 heavy (non-hydrogen) atoms. The zero-order valence-corrected chi connectivity index (χ0v) is 16.2. The zero-order valence-electron chi connectivity index (χ0n) is 15.4. The van der Waals surface area contributed by atoms with Crippen LogP contribution in [0, 0.1) is 0 Å². The molecule has 4 aromatic rings. The molecule has 2 N–H and O–H groups in total. The number of nitrogens with two attached hydrogens (primary N) is 1. The minimum Gasteiger partial charge on any atom is -0.384 e. The van der Waals surface area contributed by atoms with Crippen LogP contribution in [-0.4, -0.2) is 15.4 Å². The lowest BCUT2D eigenvalue weighted by molar-refractivity contribution is 0.890. The Labute approximate surface area is 167 Å². The molecular formula is C22H19N5S. The van der Waals surface area contributed by atoms with Gasteiger partial charge >= 0.3 is 0 Å². The van der Waals surface area contributed by atoms with Crippen LogP contribution in [0.2, 0.25) is 0 Å². The summed E-state index contributed by atoms with van der Waals surface area (Å²) in [4.78, 5) is 15.7. The number of hydrogen-bond donors (Lipinski definition) is 1. The second kappa shape index (κ2) is 8.02. The van der Waals surface area contributed by atoms with Crippen LogP contribution in [0.25, 0.3) is 10.6 Å². The third-order valence-corrected chi connectivity index (χ3v) is 5.37. The van der Waals surface area contributed by atoms with Crippen molar-refractivity contribution in [2.75, 3.05) is 5.73 Å². The number of thiazole rings is 1. The van der Waals surface area contributed by atoms with Gasteiger partial charge in [0.2, 0.25) is 0 Å². The van der Waals surface area contributed by atoms with Crippen molar-refractivity contribution in [1.82, 2.24) is 9.55 Å². The standard InChI is InChI=1S/C22H19N5S/c1-27-20(23)19(18-14-8-9-15-24-18)28-22(27)26-21(16-10-4-2-5-11-16)25-17-12-6-3-7-13-17/h2-15H,23H2,1H3. The summed E-state index contributed by atoms with van der Waals surface area (Å²) in [7, 11) is 1.90. The van der Waals surface area contributed by atoms with Crippen LogP contribution >= 0.6 is 11.3 Å². The summed E-state index contributed by atoms with van der Waals surface area (Å²) in [6, 6.07) is 25.5. The predicted octanol–water partition coefficient (Wildman–Crippen LogP) is 4.41. The van der Waals surface area contributed by atoms with E-state index in [0.29, 0.717) is 11.7 Å². The van der Waals surface area contributed by atoms with E-state index in [4.69, 9.17) is 15.7 Å². The molecule has 0 unspecified atom stereocenters. The summed E-state index contributed by atoms with van der Waals surface area (Å²) in [5.74, 6) is 1.27. The predicted molar refractivity (Wildman–Crippen MR) is 116 cm³/mol. The molecule has 2 aromatic heterocycles. The van der Waals surface area contributed by atoms with Gasteiger partial charge < -0.3 is 10.3 Å². The Balaban J connectivity index is 1.87. The Morgan fingerprint density at radius 3 is 2.29 bits per heavy atom. The first kappa shape index (κ1) is 17.9. The van der Waals surface area contributed by atoms with E-state index in [9.17, 15) is 0 Å². The molecule has 0 fully saturated rings. The lowest BCUT2D eigenvalue weighted by Crippen LogP contribution is -2.15. The molecule has 2 aromatic carbocycles. The fourth-order valence-corrected chi connectivity index (χ4v) is 3.72. The molecule has 0 atom stereocenters. The third-order valence-electron chi connectivity index (χ3n) is 4.20. The molecule has 2 heterocycles. The molecule has 0 aliphatic rings. The van der Waals surface area contributed by atoms with E-state index in [1.807, 2.05) is 90.5 Å². The summed E-state index contributed by atoms with van der Waals surface area (Å²) in [5, 5.41) is 0. The molecule has 0 aliphatic heterocycles. The maximum absolute atomic E-state index is 6.34. The second-order valence-electron chi connectivity index (χ2n) is 6.12. The van der Waals surface area contributed by atoms with E-state index < -0.39 is 0 Å². The Bertz CT molecular complexity index is 1160. The number of aromatic nitrogens is 2. The molecule has 138 valence electrons. The summed E-state index contributed by atoms with van der Waals surface area (Å²) in [6.45, 7) is 0. The molecule has 0 spiro atoms. The van der Waals surface area contributed by atoms with Gasteiger partial charge in [-0.15, -0.1) is 0 Å². The molecule has 0 amide bonds. The van der Waals surface area contributed by atoms with Gasteiger partial charge in [0.1, 0.15) is 5.82 Å². The SMILES string of the molecule is Cn1c(N)c(-c2ccccn2)sc1=NC(=Nc1ccccc1)c1ccccc1. The van der Waals surface area contributed by atoms with Gasteiger partial charge in [-0.1, -0.05) is 65.9 Å². The second-order valence-corrected chi connectivity index (χ2v) is 7.10. The van der Waals surface area contributed by atoms with Crippen LogP contribution in [-0.2, 0) is 7.05 Å². The molecule has 5 nitrogen and oxygen atoms in total. The Hall–Kier alpha value is -3.51. The highest BCUT2D eigenvalue weighted by atomic mass is 32.1. The lowest BCUT2D eigenvalue weighted by Gasteiger charge is -2.02. The molecule has 0 saturated heterocycles. The largest absolute Gasteiger partial charge is 0.384 e. The Morgan fingerprint density at radius 2 is 1.61 bits per heavy atom. The van der Waals surface area contributed by atoms with Crippen molar-refractivity contribution in [3.63, 3.8) is 0 Å². The van der Waals surface area contributed by atoms with Gasteiger partial charge in [-0.05, 0) is 24.3 Å². The Morgan fingerprint density at radius 1 is 0.929 bits per heavy atom. The first-order valence-corrected chi connectivity index (χ1v) is 9.64. The Kier molecular flexibility index (Phi) is 5.12. The molecule has 6 heteroatoms. The van der Waals surface area contributed by atoms with E-state index in [2.05, 4.69) is 4.98 Å². The fraction of sp³-hybridized carbons (Fsp3) is 0.0455. The number of hydrogen-bond acceptors (Lipinski definition) is 4. The van der Waals surface area contributed by atoms with Gasteiger partial charge in [0, 0.05) is 18.8 Å². The van der Waals surface area contributed by atoms with Crippen LogP contribution in [0.1, 0.15) is 5.56 Å². The number of anilines is 1. The van der Waals surface area contributed by atoms with E-state index in [1.54, 1.807) is 6.20 Å². The average Bonchev–Trinajstić information content (AvgIpc) is 3.04. The molecule has 0 saturated carbocycles. The van der Waals surface area contributed by atoms with Crippen molar-refractivity contribution >= 4 is 28.7 Å². The minimum atomic E-state index is 0.634. The number of aliphatic imine (C=N–C) groups is 1. The van der Waals surface area contributed by atoms with E-state index in [1.165, 1.54) is 11.3 Å². The zero-order chi connectivity index (χ0) is 19.3. The molecule has 0 aliphatic carbocycles. The highest BCUT2D eigenvalue weighted by molar-refractivity contribution is 7.13. The summed E-state index contributed by atoms with van der Waals surface area (Å²) in [5.41, 5.74) is 8.96. The van der Waals surface area contributed by atoms with Crippen molar-refractivity contribution in [3.8, 4) is 10.6 Å². The number of para-hydroxylation sites is 1. The normalized spacial score (nSPS) is 12.3. The van der Waals surface area contributed by atoms with Gasteiger partial charge in [-0.3, -0.25) is 4.98 Å². The number of rotatable bonds is 3. The van der Waals surface area contributed by atoms with E-state index in [0.717, 1.165) is 26.6 Å². The number of nitrogens with zero attached hydrogens (tertiary/aromatic N) is 4. The van der Waals surface area contributed by atoms with Gasteiger partial charge in [-0.25, -0.2) is 9.98 Å². The smallest absolute Gasteiger partial charge is 0.193 e. The fourth-order valence-electron chi connectivity index (χ4n) is 2.70. The van der Waals surface area contributed by atoms with Crippen molar-refractivity contribution in [2.24, 2.45) is 17.0 Å². The lowest BCUT2D eigenvalue weighted by atomic mass is 10.2. The van der Waals surface area contributed by atoms with Crippen molar-refractivity contribution in [3.05, 3.63) is 95.4 Å². The maximum atomic E-state index is 6.34. The molecule has 4 rings (SSSR count). The monoisotopic (exact) mass is 385 g/mol. The number of nitrogen functional groups attached to an aromatic ring is 1. The summed E-state index contributed by atoms with van der Waals surface area (Å²) in [6.07, 6.45) is 1.76.